The number of nitrogens with one attached hydrogen (secondary N) is 1. The van der Waals surface area contributed by atoms with E-state index in [1.807, 2.05) is 12.1 Å². The Balaban J connectivity index is 2.74. The maximum absolute atomic E-state index is 11.2. The molecule has 0 fully saturated rings. The van der Waals surface area contributed by atoms with Crippen LogP contribution in [0.5, 0.6) is 0 Å². The lowest BCUT2D eigenvalue weighted by Gasteiger charge is -2.02. The molecule has 0 aromatic heterocycles. The first-order chi connectivity index (χ1) is 6.27. The first-order valence-corrected chi connectivity index (χ1v) is 4.20. The molecular weight excluding hydrogens is 166 g/mol. The fraction of sp³-hybridized carbons (Fsp3) is 0.300. The van der Waals surface area contributed by atoms with Crippen LogP contribution in [0.25, 0.3) is 0 Å². The highest BCUT2D eigenvalue weighted by Gasteiger charge is 2.02. The predicted octanol–water partition coefficient (Wildman–Crippen LogP) is 1.54. The van der Waals surface area contributed by atoms with Crippen molar-refractivity contribution in [3.63, 3.8) is 0 Å². The van der Waals surface area contributed by atoms with Gasteiger partial charge in [0.25, 0.3) is 5.91 Å². The largest absolute Gasteiger partial charge is 0.277 e. The van der Waals surface area contributed by atoms with E-state index >= 15 is 0 Å². The van der Waals surface area contributed by atoms with Crippen molar-refractivity contribution in [3.8, 4) is 0 Å². The highest BCUT2D eigenvalue weighted by atomic mass is 16.6. The van der Waals surface area contributed by atoms with Gasteiger partial charge in [0.1, 0.15) is 0 Å². The van der Waals surface area contributed by atoms with E-state index in [0.29, 0.717) is 5.56 Å². The summed E-state index contributed by atoms with van der Waals surface area (Å²) in [6.07, 6.45) is 0.978. The molecule has 0 heterocycles. The van der Waals surface area contributed by atoms with Crippen molar-refractivity contribution < 1.29 is 9.63 Å². The highest BCUT2D eigenvalue weighted by Crippen LogP contribution is 2.04. The topological polar surface area (TPSA) is 38.3 Å². The van der Waals surface area contributed by atoms with Gasteiger partial charge >= 0.3 is 0 Å². The third kappa shape index (κ3) is 2.56. The normalized spacial score (nSPS) is 9.69. The number of carbonyl (C=O) groups is 1. The highest BCUT2D eigenvalue weighted by molar-refractivity contribution is 5.93. The first-order valence-electron chi connectivity index (χ1n) is 4.20. The van der Waals surface area contributed by atoms with Crippen LogP contribution in [0.1, 0.15) is 22.8 Å². The molecule has 1 amide bonds. The molecule has 3 nitrogen and oxygen atoms in total. The van der Waals surface area contributed by atoms with Crippen LogP contribution in [-0.2, 0) is 11.3 Å². The number of hydrogen-bond acceptors (Lipinski definition) is 2. The number of hydrogen-bond donors (Lipinski definition) is 1. The molecule has 1 N–H and O–H groups in total. The van der Waals surface area contributed by atoms with Crippen molar-refractivity contribution in [2.75, 3.05) is 7.11 Å². The Kier molecular flexibility index (Phi) is 3.46. The van der Waals surface area contributed by atoms with Crippen molar-refractivity contribution in [1.29, 1.82) is 0 Å². The summed E-state index contributed by atoms with van der Waals surface area (Å²) in [6, 6.07) is 7.44. The minimum absolute atomic E-state index is 0.217. The molecule has 0 saturated carbocycles. The van der Waals surface area contributed by atoms with E-state index in [2.05, 4.69) is 17.2 Å². The van der Waals surface area contributed by atoms with Crippen LogP contribution in [-0.4, -0.2) is 13.0 Å². The van der Waals surface area contributed by atoms with Gasteiger partial charge in [0, 0.05) is 5.56 Å². The minimum atomic E-state index is -0.217. The standard InChI is InChI=1S/C10H13NO2/c1-3-8-4-6-9(7-5-8)10(12)11-13-2/h4-7H,3H2,1-2H3,(H,11,12). The van der Waals surface area contributed by atoms with E-state index in [1.54, 1.807) is 12.1 Å². The van der Waals surface area contributed by atoms with Gasteiger partial charge in [-0.1, -0.05) is 19.1 Å². The maximum Gasteiger partial charge on any atom is 0.274 e. The van der Waals surface area contributed by atoms with Crippen molar-refractivity contribution >= 4 is 5.91 Å². The summed E-state index contributed by atoms with van der Waals surface area (Å²) in [5.41, 5.74) is 4.09. The second-order valence-electron chi connectivity index (χ2n) is 2.69. The fourth-order valence-electron chi connectivity index (χ4n) is 1.04. The van der Waals surface area contributed by atoms with E-state index in [1.165, 1.54) is 12.7 Å². The quantitative estimate of drug-likeness (QED) is 0.715. The summed E-state index contributed by atoms with van der Waals surface area (Å²) in [5, 5.41) is 0. The molecule has 1 rings (SSSR count). The zero-order chi connectivity index (χ0) is 9.68. The molecule has 0 aliphatic rings. The van der Waals surface area contributed by atoms with E-state index < -0.39 is 0 Å². The molecule has 0 aliphatic carbocycles. The van der Waals surface area contributed by atoms with Gasteiger partial charge in [-0.15, -0.1) is 0 Å². The van der Waals surface area contributed by atoms with Crippen molar-refractivity contribution in [3.05, 3.63) is 35.4 Å². The monoisotopic (exact) mass is 179 g/mol. The number of rotatable bonds is 3. The molecule has 0 saturated heterocycles. The summed E-state index contributed by atoms with van der Waals surface area (Å²) >= 11 is 0. The Morgan fingerprint density at radius 2 is 2.00 bits per heavy atom. The Morgan fingerprint density at radius 3 is 2.46 bits per heavy atom. The van der Waals surface area contributed by atoms with E-state index in [4.69, 9.17) is 0 Å². The summed E-state index contributed by atoms with van der Waals surface area (Å²) in [6.45, 7) is 2.07. The van der Waals surface area contributed by atoms with Crippen molar-refractivity contribution in [2.45, 2.75) is 13.3 Å². The van der Waals surface area contributed by atoms with E-state index in [-0.39, 0.29) is 5.91 Å². The van der Waals surface area contributed by atoms with E-state index in [9.17, 15) is 4.79 Å². The summed E-state index contributed by atoms with van der Waals surface area (Å²) in [5.74, 6) is -0.217. The third-order valence-electron chi connectivity index (χ3n) is 1.82. The maximum atomic E-state index is 11.2. The molecule has 0 radical (unpaired) electrons. The number of aryl methyl sites for hydroxylation is 1. The molecule has 70 valence electrons. The Bertz CT molecular complexity index is 279. The molecule has 3 heteroatoms. The second-order valence-corrected chi connectivity index (χ2v) is 2.69. The molecule has 0 aliphatic heterocycles. The van der Waals surface area contributed by atoms with Crippen molar-refractivity contribution in [1.82, 2.24) is 5.48 Å². The van der Waals surface area contributed by atoms with Crippen LogP contribution in [0.2, 0.25) is 0 Å². The molecule has 13 heavy (non-hydrogen) atoms. The van der Waals surface area contributed by atoms with Gasteiger partial charge in [0.2, 0.25) is 0 Å². The van der Waals surface area contributed by atoms with Gasteiger partial charge < -0.3 is 0 Å². The van der Waals surface area contributed by atoms with Crippen LogP contribution in [0.15, 0.2) is 24.3 Å². The second kappa shape index (κ2) is 4.62. The van der Waals surface area contributed by atoms with Crippen LogP contribution in [0, 0.1) is 0 Å². The zero-order valence-corrected chi connectivity index (χ0v) is 7.83. The van der Waals surface area contributed by atoms with Gasteiger partial charge in [0.15, 0.2) is 0 Å². The molecule has 0 atom stereocenters. The molecular formula is C10H13NO2. The smallest absolute Gasteiger partial charge is 0.274 e. The Morgan fingerprint density at radius 1 is 1.38 bits per heavy atom. The van der Waals surface area contributed by atoms with Crippen LogP contribution >= 0.6 is 0 Å². The lowest BCUT2D eigenvalue weighted by atomic mass is 10.1. The third-order valence-corrected chi connectivity index (χ3v) is 1.82. The Labute approximate surface area is 77.7 Å². The molecule has 1 aromatic rings. The molecule has 1 aromatic carbocycles. The number of carbonyl (C=O) groups excluding carboxylic acids is 1. The molecule has 0 bridgehead atoms. The number of hydroxylamine groups is 1. The van der Waals surface area contributed by atoms with Gasteiger partial charge in [-0.2, -0.15) is 0 Å². The van der Waals surface area contributed by atoms with E-state index in [0.717, 1.165) is 6.42 Å². The molecule has 0 spiro atoms. The summed E-state index contributed by atoms with van der Waals surface area (Å²) < 4.78 is 0. The number of amides is 1. The van der Waals surface area contributed by atoms with Crippen molar-refractivity contribution in [2.24, 2.45) is 0 Å². The average molecular weight is 179 g/mol. The Hall–Kier alpha value is -1.35. The SMILES string of the molecule is CCc1ccc(C(=O)NOC)cc1. The van der Waals surface area contributed by atoms with Crippen LogP contribution in [0.3, 0.4) is 0 Å². The van der Waals surface area contributed by atoms with Gasteiger partial charge in [-0.3, -0.25) is 9.63 Å². The van der Waals surface area contributed by atoms with Gasteiger partial charge in [0.05, 0.1) is 7.11 Å². The summed E-state index contributed by atoms with van der Waals surface area (Å²) in [7, 11) is 1.41. The average Bonchev–Trinajstić information content (AvgIpc) is 2.18. The zero-order valence-electron chi connectivity index (χ0n) is 7.83. The lowest BCUT2D eigenvalue weighted by molar-refractivity contribution is 0.0537. The number of benzene rings is 1. The fourth-order valence-corrected chi connectivity index (χ4v) is 1.04. The predicted molar refractivity (Wildman–Crippen MR) is 50.3 cm³/mol. The van der Waals surface area contributed by atoms with Crippen LogP contribution in [0.4, 0.5) is 0 Å². The summed E-state index contributed by atoms with van der Waals surface area (Å²) in [4.78, 5) is 15.7. The minimum Gasteiger partial charge on any atom is -0.277 e. The van der Waals surface area contributed by atoms with Gasteiger partial charge in [-0.05, 0) is 24.1 Å². The lowest BCUT2D eigenvalue weighted by Crippen LogP contribution is -2.21. The first kappa shape index (κ1) is 9.74. The van der Waals surface area contributed by atoms with Crippen LogP contribution < -0.4 is 5.48 Å². The van der Waals surface area contributed by atoms with Gasteiger partial charge in [-0.25, -0.2) is 5.48 Å². The molecule has 0 unspecified atom stereocenters.